The van der Waals surface area contributed by atoms with Gasteiger partial charge < -0.3 is 19.0 Å². The van der Waals surface area contributed by atoms with Crippen molar-refractivity contribution in [3.05, 3.63) is 48.3 Å². The van der Waals surface area contributed by atoms with E-state index in [-0.39, 0.29) is 0 Å². The molecule has 0 radical (unpaired) electrons. The molecule has 118 valence electrons. The van der Waals surface area contributed by atoms with Crippen LogP contribution in [0.15, 0.2) is 41.3 Å². The van der Waals surface area contributed by atoms with Crippen molar-refractivity contribution in [2.75, 3.05) is 18.0 Å². The quantitative estimate of drug-likeness (QED) is 0.802. The molecule has 0 aliphatic carbocycles. The van der Waals surface area contributed by atoms with Crippen LogP contribution in [0.25, 0.3) is 10.9 Å². The van der Waals surface area contributed by atoms with E-state index in [9.17, 15) is 9.90 Å². The molecular weight excluding hydrogens is 294 g/mol. The number of hydrogen-bond donors (Lipinski definition) is 1. The van der Waals surface area contributed by atoms with Gasteiger partial charge in [0, 0.05) is 30.2 Å². The summed E-state index contributed by atoms with van der Waals surface area (Å²) in [6, 6.07) is 5.74. The Morgan fingerprint density at radius 3 is 2.83 bits per heavy atom. The third kappa shape index (κ3) is 2.46. The topological polar surface area (TPSA) is 71.5 Å². The Hall–Kier alpha value is -2.76. The van der Waals surface area contributed by atoms with Crippen LogP contribution in [0, 0.1) is 0 Å². The minimum Gasteiger partial charge on any atom is -0.478 e. The monoisotopic (exact) mass is 311 g/mol. The van der Waals surface area contributed by atoms with E-state index in [1.807, 2.05) is 22.9 Å². The molecule has 0 bridgehead atoms. The minimum absolute atomic E-state index is 0.353. The van der Waals surface area contributed by atoms with Crippen molar-refractivity contribution in [1.82, 2.24) is 9.55 Å². The zero-order chi connectivity index (χ0) is 15.8. The van der Waals surface area contributed by atoms with Gasteiger partial charge in [0.1, 0.15) is 6.26 Å². The maximum atomic E-state index is 11.7. The average molecular weight is 311 g/mol. The van der Waals surface area contributed by atoms with E-state index >= 15 is 0 Å². The second kappa shape index (κ2) is 5.46. The Balaban J connectivity index is 1.80. The first-order valence-corrected chi connectivity index (χ1v) is 7.72. The summed E-state index contributed by atoms with van der Waals surface area (Å²) in [6.45, 7) is 2.32. The fraction of sp³-hybridized carbons (Fsp3) is 0.294. The molecule has 0 amide bonds. The zero-order valence-corrected chi connectivity index (χ0v) is 12.6. The number of rotatable bonds is 4. The van der Waals surface area contributed by atoms with Gasteiger partial charge in [0.25, 0.3) is 0 Å². The number of hydrogen-bond acceptors (Lipinski definition) is 4. The molecule has 1 N–H and O–H groups in total. The molecule has 0 saturated carbocycles. The summed E-state index contributed by atoms with van der Waals surface area (Å²) in [7, 11) is 0. The number of fused-ring (bicyclic) bond motifs is 1. The molecule has 1 aromatic carbocycles. The number of carboxylic acids is 1. The smallest absolute Gasteiger partial charge is 0.337 e. The molecule has 0 atom stereocenters. The summed E-state index contributed by atoms with van der Waals surface area (Å²) in [5, 5.41) is 10.6. The van der Waals surface area contributed by atoms with Gasteiger partial charge in [-0.15, -0.1) is 0 Å². The summed E-state index contributed by atoms with van der Waals surface area (Å²) in [6.07, 6.45) is 7.31. The summed E-state index contributed by atoms with van der Waals surface area (Å²) >= 11 is 0. The summed E-state index contributed by atoms with van der Waals surface area (Å²) in [4.78, 5) is 18.0. The fourth-order valence-corrected chi connectivity index (χ4v) is 3.23. The molecule has 0 unspecified atom stereocenters. The summed E-state index contributed by atoms with van der Waals surface area (Å²) in [5.74, 6) is -0.291. The molecule has 23 heavy (non-hydrogen) atoms. The van der Waals surface area contributed by atoms with Crippen LogP contribution in [0.1, 0.15) is 29.1 Å². The molecular formula is C17H17N3O3. The van der Waals surface area contributed by atoms with E-state index in [2.05, 4.69) is 9.88 Å². The first kappa shape index (κ1) is 13.9. The van der Waals surface area contributed by atoms with E-state index < -0.39 is 5.97 Å². The number of aromatic nitrogens is 2. The maximum Gasteiger partial charge on any atom is 0.337 e. The van der Waals surface area contributed by atoms with E-state index in [0.717, 1.165) is 42.5 Å². The van der Waals surface area contributed by atoms with E-state index in [1.165, 1.54) is 6.26 Å². The largest absolute Gasteiger partial charge is 0.478 e. The number of oxazole rings is 1. The van der Waals surface area contributed by atoms with Gasteiger partial charge >= 0.3 is 5.97 Å². The molecule has 1 aliphatic heterocycles. The van der Waals surface area contributed by atoms with Crippen LogP contribution >= 0.6 is 0 Å². The van der Waals surface area contributed by atoms with Crippen LogP contribution in [0.4, 0.5) is 5.69 Å². The normalized spacial score (nSPS) is 14.7. The van der Waals surface area contributed by atoms with Gasteiger partial charge in [-0.05, 0) is 31.0 Å². The highest BCUT2D eigenvalue weighted by Gasteiger charge is 2.21. The predicted octanol–water partition coefficient (Wildman–Crippen LogP) is 2.98. The van der Waals surface area contributed by atoms with Crippen LogP contribution in [0.5, 0.6) is 0 Å². The standard InChI is InChI=1S/C17H17N3O3/c21-17(22)13-10-14-12(9-15(13)19-5-1-2-6-19)3-7-20(14)11-16-18-4-8-23-16/h3-4,7-10H,1-2,5-6,11H2,(H,21,22). The lowest BCUT2D eigenvalue weighted by Crippen LogP contribution is -2.20. The molecule has 1 fully saturated rings. The Kier molecular flexibility index (Phi) is 3.29. The Bertz CT molecular complexity index is 845. The Labute approximate surface area is 133 Å². The fourth-order valence-electron chi connectivity index (χ4n) is 3.23. The SMILES string of the molecule is O=C(O)c1cc2c(ccn2Cc2ncco2)cc1N1CCCC1. The van der Waals surface area contributed by atoms with Crippen molar-refractivity contribution in [2.45, 2.75) is 19.4 Å². The van der Waals surface area contributed by atoms with Crippen molar-refractivity contribution in [3.63, 3.8) is 0 Å². The lowest BCUT2D eigenvalue weighted by atomic mass is 10.1. The predicted molar refractivity (Wildman–Crippen MR) is 85.9 cm³/mol. The van der Waals surface area contributed by atoms with Crippen molar-refractivity contribution in [2.24, 2.45) is 0 Å². The van der Waals surface area contributed by atoms with E-state index in [0.29, 0.717) is 18.0 Å². The Morgan fingerprint density at radius 1 is 1.30 bits per heavy atom. The lowest BCUT2D eigenvalue weighted by Gasteiger charge is -2.20. The van der Waals surface area contributed by atoms with Gasteiger partial charge in [-0.3, -0.25) is 0 Å². The number of benzene rings is 1. The van der Waals surface area contributed by atoms with Gasteiger partial charge in [-0.25, -0.2) is 9.78 Å². The van der Waals surface area contributed by atoms with Crippen LogP contribution in [-0.4, -0.2) is 33.7 Å². The second-order valence-corrected chi connectivity index (χ2v) is 5.80. The Morgan fingerprint density at radius 2 is 2.13 bits per heavy atom. The van der Waals surface area contributed by atoms with Crippen molar-refractivity contribution in [1.29, 1.82) is 0 Å². The number of carboxylic acid groups (broad SMARTS) is 1. The van der Waals surface area contributed by atoms with E-state index in [4.69, 9.17) is 4.42 Å². The second-order valence-electron chi connectivity index (χ2n) is 5.80. The third-order valence-electron chi connectivity index (χ3n) is 4.35. The van der Waals surface area contributed by atoms with Crippen LogP contribution in [0.3, 0.4) is 0 Å². The summed E-state index contributed by atoms with van der Waals surface area (Å²) < 4.78 is 7.24. The summed E-state index contributed by atoms with van der Waals surface area (Å²) in [5.41, 5.74) is 2.05. The maximum absolute atomic E-state index is 11.7. The molecule has 6 nitrogen and oxygen atoms in total. The van der Waals surface area contributed by atoms with Crippen molar-refractivity contribution >= 4 is 22.6 Å². The number of nitrogens with zero attached hydrogens (tertiary/aromatic N) is 3. The molecule has 1 aliphatic rings. The molecule has 3 aromatic rings. The van der Waals surface area contributed by atoms with Crippen molar-refractivity contribution < 1.29 is 14.3 Å². The highest BCUT2D eigenvalue weighted by Crippen LogP contribution is 2.30. The number of anilines is 1. The minimum atomic E-state index is -0.891. The highest BCUT2D eigenvalue weighted by molar-refractivity contribution is 6.00. The molecule has 1 saturated heterocycles. The third-order valence-corrected chi connectivity index (χ3v) is 4.35. The first-order chi connectivity index (χ1) is 11.2. The van der Waals surface area contributed by atoms with Gasteiger partial charge in [0.2, 0.25) is 5.89 Å². The van der Waals surface area contributed by atoms with E-state index in [1.54, 1.807) is 12.3 Å². The van der Waals surface area contributed by atoms with Gasteiger partial charge in [0.15, 0.2) is 0 Å². The lowest BCUT2D eigenvalue weighted by molar-refractivity contribution is 0.0697. The van der Waals surface area contributed by atoms with Gasteiger partial charge in [0.05, 0.1) is 24.0 Å². The molecule has 2 aromatic heterocycles. The van der Waals surface area contributed by atoms with Crippen molar-refractivity contribution in [3.8, 4) is 0 Å². The highest BCUT2D eigenvalue weighted by atomic mass is 16.4. The molecule has 0 spiro atoms. The van der Waals surface area contributed by atoms with Crippen LogP contribution < -0.4 is 4.90 Å². The zero-order valence-electron chi connectivity index (χ0n) is 12.6. The van der Waals surface area contributed by atoms with Gasteiger partial charge in [-0.2, -0.15) is 0 Å². The van der Waals surface area contributed by atoms with Crippen LogP contribution in [-0.2, 0) is 6.54 Å². The first-order valence-electron chi connectivity index (χ1n) is 7.72. The average Bonchev–Trinajstić information content (AvgIpc) is 3.28. The molecule has 3 heterocycles. The van der Waals surface area contributed by atoms with Crippen LogP contribution in [0.2, 0.25) is 0 Å². The number of aromatic carboxylic acids is 1. The molecule has 4 rings (SSSR count). The number of carbonyl (C=O) groups is 1. The molecule has 6 heteroatoms. The van der Waals surface area contributed by atoms with Gasteiger partial charge in [-0.1, -0.05) is 0 Å².